The number of imide groups is 6. The first-order valence-electron chi connectivity index (χ1n) is 8.86. The van der Waals surface area contributed by atoms with Crippen molar-refractivity contribution in [3.05, 3.63) is 69.8 Å². The van der Waals surface area contributed by atoms with Gasteiger partial charge in [0.2, 0.25) is 0 Å². The third kappa shape index (κ3) is 3.50. The predicted octanol–water partition coefficient (Wildman–Crippen LogP) is 2.06. The molecular formula is C20H10N2O12. The number of carboxylic acid groups (broad SMARTS) is 4. The molecule has 14 heteroatoms. The molecule has 0 unspecified atom stereocenters. The lowest BCUT2D eigenvalue weighted by molar-refractivity contribution is 0.0701. The minimum atomic E-state index is -2.23. The number of fused-ring (bicyclic) bond motifs is 2. The van der Waals surface area contributed by atoms with Gasteiger partial charge in [-0.15, -0.1) is 9.80 Å². The van der Waals surface area contributed by atoms with Gasteiger partial charge in [-0.2, -0.15) is 0 Å². The molecule has 172 valence electrons. The van der Waals surface area contributed by atoms with Crippen molar-refractivity contribution in [3.63, 3.8) is 0 Å². The lowest BCUT2D eigenvalue weighted by Gasteiger charge is -2.24. The number of amides is 6. The van der Waals surface area contributed by atoms with E-state index in [-0.39, 0.29) is 11.1 Å². The van der Waals surface area contributed by atoms with E-state index < -0.39 is 79.8 Å². The standard InChI is InChI=1S/C20H10N2O12/c23-13-7-3-1-2-4-8(7)14(24)12-10(16(26)22(19(31)32)20(33)34)6-5-9(11(12)13)15(25)21(17(27)28)18(29)30/h1-6H,(H,27,28)(H,29,30)(H,31,32)(H,33,34). The summed E-state index contributed by atoms with van der Waals surface area (Å²) >= 11 is 0. The van der Waals surface area contributed by atoms with Gasteiger partial charge >= 0.3 is 24.4 Å². The van der Waals surface area contributed by atoms with E-state index >= 15 is 0 Å². The Morgan fingerprint density at radius 1 is 0.529 bits per heavy atom. The summed E-state index contributed by atoms with van der Waals surface area (Å²) in [7, 11) is 0. The van der Waals surface area contributed by atoms with Gasteiger partial charge in [-0.3, -0.25) is 19.2 Å². The fraction of sp³-hybridized carbons (Fsp3) is 0. The molecule has 0 fully saturated rings. The predicted molar refractivity (Wildman–Crippen MR) is 104 cm³/mol. The van der Waals surface area contributed by atoms with Crippen LogP contribution in [0.2, 0.25) is 0 Å². The van der Waals surface area contributed by atoms with E-state index in [9.17, 15) is 38.4 Å². The molecule has 0 aliphatic heterocycles. The number of carbonyl (C=O) groups excluding carboxylic acids is 4. The van der Waals surface area contributed by atoms with Gasteiger partial charge in [0, 0.05) is 22.3 Å². The van der Waals surface area contributed by atoms with Crippen LogP contribution in [0.15, 0.2) is 36.4 Å². The van der Waals surface area contributed by atoms with E-state index in [1.807, 2.05) is 0 Å². The Labute approximate surface area is 186 Å². The van der Waals surface area contributed by atoms with E-state index in [2.05, 4.69) is 0 Å². The Balaban J connectivity index is 2.38. The van der Waals surface area contributed by atoms with Crippen LogP contribution in [0.3, 0.4) is 0 Å². The van der Waals surface area contributed by atoms with Gasteiger partial charge in [0.05, 0.1) is 11.1 Å². The van der Waals surface area contributed by atoms with Gasteiger partial charge in [0.25, 0.3) is 11.8 Å². The first-order chi connectivity index (χ1) is 15.9. The molecular weight excluding hydrogens is 460 g/mol. The molecule has 0 heterocycles. The number of carbonyl (C=O) groups is 8. The number of hydrogen-bond donors (Lipinski definition) is 4. The van der Waals surface area contributed by atoms with Crippen LogP contribution < -0.4 is 0 Å². The first-order valence-corrected chi connectivity index (χ1v) is 8.86. The number of rotatable bonds is 2. The zero-order chi connectivity index (χ0) is 25.5. The van der Waals surface area contributed by atoms with Crippen molar-refractivity contribution < 1.29 is 58.8 Å². The van der Waals surface area contributed by atoms with Gasteiger partial charge in [-0.25, -0.2) is 19.2 Å². The van der Waals surface area contributed by atoms with Crippen LogP contribution in [0.1, 0.15) is 52.6 Å². The Hall–Kier alpha value is -5.40. The molecule has 0 atom stereocenters. The Bertz CT molecular complexity index is 1230. The maximum Gasteiger partial charge on any atom is 0.424 e. The summed E-state index contributed by atoms with van der Waals surface area (Å²) in [6, 6.07) is 6.29. The summed E-state index contributed by atoms with van der Waals surface area (Å²) in [6.45, 7) is 0. The summed E-state index contributed by atoms with van der Waals surface area (Å²) in [6.07, 6.45) is -8.93. The van der Waals surface area contributed by atoms with Crippen molar-refractivity contribution in [2.45, 2.75) is 0 Å². The van der Waals surface area contributed by atoms with Crippen LogP contribution in [0.25, 0.3) is 0 Å². The van der Waals surface area contributed by atoms with Gasteiger partial charge in [-0.1, -0.05) is 24.3 Å². The normalized spacial score (nSPS) is 11.6. The third-order valence-electron chi connectivity index (χ3n) is 4.71. The molecule has 2 aromatic carbocycles. The van der Waals surface area contributed by atoms with Crippen LogP contribution in [0, 0.1) is 0 Å². The molecule has 1 aliphatic carbocycles. The highest BCUT2D eigenvalue weighted by molar-refractivity contribution is 6.34. The van der Waals surface area contributed by atoms with Gasteiger partial charge in [-0.05, 0) is 12.1 Å². The molecule has 4 N–H and O–H groups in total. The molecule has 3 rings (SSSR count). The average Bonchev–Trinajstić information content (AvgIpc) is 2.75. The Kier molecular flexibility index (Phi) is 5.66. The van der Waals surface area contributed by atoms with Crippen LogP contribution in [0.4, 0.5) is 19.2 Å². The minimum absolute atomic E-state index is 0.274. The number of hydrogen-bond acceptors (Lipinski definition) is 8. The maximum absolute atomic E-state index is 13.2. The second-order valence-electron chi connectivity index (χ2n) is 6.53. The molecule has 0 spiro atoms. The van der Waals surface area contributed by atoms with Gasteiger partial charge in [0.1, 0.15) is 0 Å². The molecule has 14 nitrogen and oxygen atoms in total. The fourth-order valence-electron chi connectivity index (χ4n) is 3.33. The van der Waals surface area contributed by atoms with E-state index in [1.165, 1.54) is 24.3 Å². The highest BCUT2D eigenvalue weighted by Gasteiger charge is 2.41. The maximum atomic E-state index is 13.2. The second-order valence-corrected chi connectivity index (χ2v) is 6.53. The van der Waals surface area contributed by atoms with Crippen molar-refractivity contribution in [1.82, 2.24) is 9.80 Å². The summed E-state index contributed by atoms with van der Waals surface area (Å²) in [5, 5.41) is 36.3. The van der Waals surface area contributed by atoms with Crippen LogP contribution in [-0.2, 0) is 0 Å². The molecule has 0 saturated heterocycles. The van der Waals surface area contributed by atoms with Crippen LogP contribution >= 0.6 is 0 Å². The Morgan fingerprint density at radius 2 is 0.824 bits per heavy atom. The topological polar surface area (TPSA) is 224 Å². The van der Waals surface area contributed by atoms with Crippen LogP contribution in [0.5, 0.6) is 0 Å². The number of benzene rings is 2. The van der Waals surface area contributed by atoms with E-state index in [1.54, 1.807) is 0 Å². The molecule has 6 amide bonds. The van der Waals surface area contributed by atoms with E-state index in [0.29, 0.717) is 12.1 Å². The SMILES string of the molecule is O=C1c2ccccc2C(=O)c2c(C(=O)N(C(=O)O)C(=O)O)ccc(C(=O)N(C(=O)O)C(=O)O)c21. The molecule has 0 saturated carbocycles. The number of nitrogens with zero attached hydrogens (tertiary/aromatic N) is 2. The number of ketones is 2. The molecule has 0 radical (unpaired) electrons. The van der Waals surface area contributed by atoms with Crippen molar-refractivity contribution >= 4 is 47.8 Å². The highest BCUT2D eigenvalue weighted by Crippen LogP contribution is 2.33. The quantitative estimate of drug-likeness (QED) is 0.422. The van der Waals surface area contributed by atoms with Crippen LogP contribution in [-0.4, -0.2) is 78.0 Å². The Morgan fingerprint density at radius 3 is 1.09 bits per heavy atom. The van der Waals surface area contributed by atoms with E-state index in [0.717, 1.165) is 0 Å². The summed E-state index contributed by atoms with van der Waals surface area (Å²) in [5.41, 5.74) is -4.12. The van der Waals surface area contributed by atoms with Gasteiger partial charge in [0.15, 0.2) is 11.6 Å². The van der Waals surface area contributed by atoms with Crippen molar-refractivity contribution in [1.29, 1.82) is 0 Å². The summed E-state index contributed by atoms with van der Waals surface area (Å²) in [4.78, 5) is 95.5. The smallest absolute Gasteiger partial charge is 0.424 e. The van der Waals surface area contributed by atoms with Crippen molar-refractivity contribution in [2.75, 3.05) is 0 Å². The molecule has 2 aromatic rings. The molecule has 0 bridgehead atoms. The molecule has 1 aliphatic rings. The molecule has 34 heavy (non-hydrogen) atoms. The van der Waals surface area contributed by atoms with E-state index in [4.69, 9.17) is 20.4 Å². The largest absolute Gasteiger partial charge is 0.464 e. The zero-order valence-corrected chi connectivity index (χ0v) is 16.4. The van der Waals surface area contributed by atoms with Crippen molar-refractivity contribution in [2.24, 2.45) is 0 Å². The van der Waals surface area contributed by atoms with Gasteiger partial charge < -0.3 is 20.4 Å². The third-order valence-corrected chi connectivity index (χ3v) is 4.71. The highest BCUT2D eigenvalue weighted by atomic mass is 16.4. The fourth-order valence-corrected chi connectivity index (χ4v) is 3.33. The first kappa shape index (κ1) is 23.3. The summed E-state index contributed by atoms with van der Waals surface area (Å²) < 4.78 is 0. The average molecular weight is 470 g/mol. The summed E-state index contributed by atoms with van der Waals surface area (Å²) in [5.74, 6) is -5.69. The lowest BCUT2D eigenvalue weighted by Crippen LogP contribution is -2.43. The van der Waals surface area contributed by atoms with Crippen molar-refractivity contribution in [3.8, 4) is 0 Å². The molecule has 0 aromatic heterocycles. The minimum Gasteiger partial charge on any atom is -0.464 e. The lowest BCUT2D eigenvalue weighted by atomic mass is 9.79. The monoisotopic (exact) mass is 470 g/mol. The zero-order valence-electron chi connectivity index (χ0n) is 16.4. The second kappa shape index (κ2) is 8.27.